The highest BCUT2D eigenvalue weighted by atomic mass is 35.5. The number of morpholine rings is 1. The van der Waals surface area contributed by atoms with Crippen LogP contribution in [0, 0.1) is 0 Å². The molecule has 152 valence electrons. The number of aromatic nitrogens is 1. The largest absolute Gasteiger partial charge is 0.489 e. The Labute approximate surface area is 177 Å². The van der Waals surface area contributed by atoms with Crippen molar-refractivity contribution >= 4 is 40.9 Å². The normalized spacial score (nSPS) is 19.1. The van der Waals surface area contributed by atoms with Gasteiger partial charge < -0.3 is 19.3 Å². The zero-order chi connectivity index (χ0) is 20.2. The van der Waals surface area contributed by atoms with Gasteiger partial charge in [-0.2, -0.15) is 0 Å². The van der Waals surface area contributed by atoms with Gasteiger partial charge >= 0.3 is 0 Å². The Bertz CT molecular complexity index is 913. The van der Waals surface area contributed by atoms with E-state index in [9.17, 15) is 9.59 Å². The minimum atomic E-state index is -0.258. The number of nitrogens with zero attached hydrogens (tertiary/aromatic N) is 3. The molecule has 0 spiro atoms. The molecule has 2 aliphatic rings. The number of carbonyl (C=O) groups is 2. The fourth-order valence-electron chi connectivity index (χ4n) is 3.27. The van der Waals surface area contributed by atoms with Crippen molar-refractivity contribution in [1.29, 1.82) is 0 Å². The van der Waals surface area contributed by atoms with Crippen molar-refractivity contribution in [2.45, 2.75) is 11.0 Å². The number of fused-ring (bicyclic) bond motifs is 1. The van der Waals surface area contributed by atoms with Crippen LogP contribution in [0.15, 0.2) is 47.6 Å². The molecule has 0 radical (unpaired) electrons. The van der Waals surface area contributed by atoms with Gasteiger partial charge in [0.15, 0.2) is 0 Å². The molecule has 1 unspecified atom stereocenters. The van der Waals surface area contributed by atoms with Gasteiger partial charge in [0.25, 0.3) is 0 Å². The smallest absolute Gasteiger partial charge is 0.242 e. The van der Waals surface area contributed by atoms with E-state index in [0.717, 1.165) is 10.6 Å². The van der Waals surface area contributed by atoms with E-state index in [4.69, 9.17) is 21.1 Å². The van der Waals surface area contributed by atoms with E-state index >= 15 is 0 Å². The molecule has 1 aromatic carbocycles. The van der Waals surface area contributed by atoms with Gasteiger partial charge in [-0.05, 0) is 12.1 Å². The van der Waals surface area contributed by atoms with Crippen LogP contribution in [0.2, 0.25) is 5.02 Å². The molecule has 4 rings (SSSR count). The summed E-state index contributed by atoms with van der Waals surface area (Å²) in [6.45, 7) is 1.64. The van der Waals surface area contributed by atoms with E-state index in [2.05, 4.69) is 4.98 Å². The first-order valence-corrected chi connectivity index (χ1v) is 10.6. The van der Waals surface area contributed by atoms with Crippen LogP contribution in [0.3, 0.4) is 0 Å². The lowest BCUT2D eigenvalue weighted by atomic mass is 10.2. The third kappa shape index (κ3) is 4.83. The molecule has 0 saturated carbocycles. The van der Waals surface area contributed by atoms with Crippen LogP contribution in [0.25, 0.3) is 0 Å². The number of anilines is 1. The zero-order valence-corrected chi connectivity index (χ0v) is 17.2. The molecule has 1 aromatic heterocycles. The molecule has 1 atom stereocenters. The van der Waals surface area contributed by atoms with E-state index in [-0.39, 0.29) is 31.1 Å². The Balaban J connectivity index is 1.36. The second-order valence-electron chi connectivity index (χ2n) is 6.72. The highest BCUT2D eigenvalue weighted by Crippen LogP contribution is 2.34. The lowest BCUT2D eigenvalue weighted by Gasteiger charge is -2.35. The van der Waals surface area contributed by atoms with Crippen molar-refractivity contribution < 1.29 is 19.1 Å². The van der Waals surface area contributed by atoms with E-state index in [1.54, 1.807) is 22.1 Å². The summed E-state index contributed by atoms with van der Waals surface area (Å²) >= 11 is 7.41. The first kappa shape index (κ1) is 20.0. The van der Waals surface area contributed by atoms with Gasteiger partial charge in [0.2, 0.25) is 11.8 Å². The minimum Gasteiger partial charge on any atom is -0.489 e. The molecule has 29 heavy (non-hydrogen) atoms. The number of pyridine rings is 1. The predicted molar refractivity (Wildman–Crippen MR) is 111 cm³/mol. The quantitative estimate of drug-likeness (QED) is 0.721. The van der Waals surface area contributed by atoms with E-state index < -0.39 is 0 Å². The van der Waals surface area contributed by atoms with Crippen LogP contribution in [-0.2, 0) is 14.3 Å². The highest BCUT2D eigenvalue weighted by molar-refractivity contribution is 8.00. The van der Waals surface area contributed by atoms with Crippen LogP contribution >= 0.6 is 23.4 Å². The zero-order valence-electron chi connectivity index (χ0n) is 15.6. The van der Waals surface area contributed by atoms with Gasteiger partial charge in [-0.25, -0.2) is 0 Å². The number of halogens is 1. The van der Waals surface area contributed by atoms with Crippen LogP contribution in [0.1, 0.15) is 0 Å². The molecule has 3 heterocycles. The summed E-state index contributed by atoms with van der Waals surface area (Å²) in [5, 5.41) is 0.494. The van der Waals surface area contributed by atoms with Crippen molar-refractivity contribution in [2.24, 2.45) is 0 Å². The Hall–Kier alpha value is -2.29. The summed E-state index contributed by atoms with van der Waals surface area (Å²) < 4.78 is 11.4. The Morgan fingerprint density at radius 2 is 2.21 bits per heavy atom. The van der Waals surface area contributed by atoms with Crippen molar-refractivity contribution in [1.82, 2.24) is 9.88 Å². The van der Waals surface area contributed by atoms with Crippen molar-refractivity contribution in [2.75, 3.05) is 43.5 Å². The summed E-state index contributed by atoms with van der Waals surface area (Å²) in [5.74, 6) is 0.747. The lowest BCUT2D eigenvalue weighted by molar-refractivity contribution is -0.139. The molecule has 1 saturated heterocycles. The number of para-hydroxylation sites is 1. The Kier molecular flexibility index (Phi) is 6.22. The number of hydrogen-bond donors (Lipinski definition) is 0. The molecule has 1 fully saturated rings. The summed E-state index contributed by atoms with van der Waals surface area (Å²) in [5.41, 5.74) is 0.795. The summed E-state index contributed by atoms with van der Waals surface area (Å²) in [7, 11) is 0. The fraction of sp³-hybridized carbons (Fsp3) is 0.350. The molecule has 9 heteroatoms. The van der Waals surface area contributed by atoms with Gasteiger partial charge in [-0.1, -0.05) is 23.7 Å². The molecule has 0 N–H and O–H groups in total. The number of ether oxygens (including phenoxy) is 2. The van der Waals surface area contributed by atoms with Gasteiger partial charge in [-0.3, -0.25) is 14.6 Å². The maximum absolute atomic E-state index is 12.9. The van der Waals surface area contributed by atoms with Gasteiger partial charge in [0.1, 0.15) is 25.0 Å². The van der Waals surface area contributed by atoms with Crippen LogP contribution in [0.5, 0.6) is 5.75 Å². The molecule has 7 nitrogen and oxygen atoms in total. The maximum Gasteiger partial charge on any atom is 0.242 e. The monoisotopic (exact) mass is 433 g/mol. The molecule has 0 aliphatic carbocycles. The van der Waals surface area contributed by atoms with E-state index in [1.165, 1.54) is 18.0 Å². The highest BCUT2D eigenvalue weighted by Gasteiger charge is 2.30. The van der Waals surface area contributed by atoms with Gasteiger partial charge in [-0.15, -0.1) is 11.8 Å². The van der Waals surface area contributed by atoms with Crippen LogP contribution < -0.4 is 9.64 Å². The maximum atomic E-state index is 12.9. The topological polar surface area (TPSA) is 72.0 Å². The molecular formula is C20H20ClN3O4S. The average molecular weight is 434 g/mol. The minimum absolute atomic E-state index is 0.0300. The van der Waals surface area contributed by atoms with Gasteiger partial charge in [0, 0.05) is 23.7 Å². The fourth-order valence-corrected chi connectivity index (χ4v) is 4.37. The summed E-state index contributed by atoms with van der Waals surface area (Å²) in [6.07, 6.45) is 2.85. The predicted octanol–water partition coefficient (Wildman–Crippen LogP) is 2.48. The first-order valence-electron chi connectivity index (χ1n) is 9.25. The van der Waals surface area contributed by atoms with Crippen molar-refractivity contribution in [3.8, 4) is 5.75 Å². The SMILES string of the molecule is O=C(CN1C(=O)CSc2ccccc21)N1CCOC(COc2cncc(Cl)c2)C1. The number of rotatable bonds is 5. The molecule has 2 amide bonds. The van der Waals surface area contributed by atoms with Crippen LogP contribution in [-0.4, -0.2) is 66.4 Å². The number of carbonyl (C=O) groups excluding carboxylic acids is 2. The first-order chi connectivity index (χ1) is 14.1. The number of amides is 2. The van der Waals surface area contributed by atoms with Crippen molar-refractivity contribution in [3.63, 3.8) is 0 Å². The summed E-state index contributed by atoms with van der Waals surface area (Å²) in [6, 6.07) is 9.34. The lowest BCUT2D eigenvalue weighted by Crippen LogP contribution is -2.51. The number of benzene rings is 1. The second-order valence-corrected chi connectivity index (χ2v) is 8.17. The molecule has 0 bridgehead atoms. The molecular weight excluding hydrogens is 414 g/mol. The Morgan fingerprint density at radius 1 is 1.34 bits per heavy atom. The standard InChI is InChI=1S/C20H20ClN3O4S/c21-14-7-15(9-22-8-14)28-12-16-10-23(5-6-27-16)19(25)11-24-17-3-1-2-4-18(17)29-13-20(24)26/h1-4,7-9,16H,5-6,10-13H2. The molecule has 2 aliphatic heterocycles. The second kappa shape index (κ2) is 9.02. The molecule has 2 aromatic rings. The van der Waals surface area contributed by atoms with E-state index in [1.807, 2.05) is 24.3 Å². The third-order valence-electron chi connectivity index (χ3n) is 4.71. The van der Waals surface area contributed by atoms with Crippen LogP contribution in [0.4, 0.5) is 5.69 Å². The van der Waals surface area contributed by atoms with Gasteiger partial charge in [0.05, 0.1) is 35.8 Å². The number of hydrogen-bond acceptors (Lipinski definition) is 6. The summed E-state index contributed by atoms with van der Waals surface area (Å²) in [4.78, 5) is 33.6. The van der Waals surface area contributed by atoms with Crippen molar-refractivity contribution in [3.05, 3.63) is 47.7 Å². The third-order valence-corrected chi connectivity index (χ3v) is 5.96. The van der Waals surface area contributed by atoms with E-state index in [0.29, 0.717) is 36.2 Å². The average Bonchev–Trinajstić information content (AvgIpc) is 2.74. The Morgan fingerprint density at radius 3 is 3.07 bits per heavy atom. The number of thioether (sulfide) groups is 1.